The zero-order valence-electron chi connectivity index (χ0n) is 21.4. The molecule has 0 atom stereocenters. The third-order valence-electron chi connectivity index (χ3n) is 5.74. The fourth-order valence-corrected chi connectivity index (χ4v) is 3.86. The number of ether oxygens (including phenoxy) is 3. The molecule has 0 saturated carbocycles. The molecular formula is C27H20F4N6O4. The fourth-order valence-electron chi connectivity index (χ4n) is 3.86. The number of benzene rings is 3. The van der Waals surface area contributed by atoms with Crippen molar-refractivity contribution in [1.29, 1.82) is 0 Å². The quantitative estimate of drug-likeness (QED) is 0.218. The number of nitrogens with one attached hydrogen (secondary N) is 2. The highest BCUT2D eigenvalue weighted by atomic mass is 19.4. The minimum absolute atomic E-state index is 0.00268. The summed E-state index contributed by atoms with van der Waals surface area (Å²) in [5, 5.41) is 8.79. The van der Waals surface area contributed by atoms with E-state index >= 15 is 0 Å². The van der Waals surface area contributed by atoms with E-state index in [1.807, 2.05) is 0 Å². The van der Waals surface area contributed by atoms with Gasteiger partial charge in [-0.3, -0.25) is 5.32 Å². The van der Waals surface area contributed by atoms with Crippen LogP contribution in [0.1, 0.15) is 5.69 Å². The van der Waals surface area contributed by atoms with Crippen LogP contribution in [0.2, 0.25) is 0 Å². The van der Waals surface area contributed by atoms with Crippen molar-refractivity contribution in [2.24, 2.45) is 0 Å². The Bertz CT molecular complexity index is 1730. The lowest BCUT2D eigenvalue weighted by Gasteiger charge is -2.13. The highest BCUT2D eigenvalue weighted by Crippen LogP contribution is 2.37. The molecule has 0 fully saturated rings. The maximum Gasteiger partial charge on any atom is 0.435 e. The van der Waals surface area contributed by atoms with Gasteiger partial charge in [0.05, 0.1) is 30.8 Å². The maximum atomic E-state index is 14.7. The van der Waals surface area contributed by atoms with E-state index in [4.69, 9.17) is 14.2 Å². The van der Waals surface area contributed by atoms with Crippen molar-refractivity contribution in [3.8, 4) is 28.8 Å². The highest BCUT2D eigenvalue weighted by Gasteiger charge is 2.35. The molecule has 210 valence electrons. The van der Waals surface area contributed by atoms with Crippen LogP contribution in [0.5, 0.6) is 23.1 Å². The summed E-state index contributed by atoms with van der Waals surface area (Å²) in [6.07, 6.45) is -3.52. The second kappa shape index (κ2) is 11.0. The average Bonchev–Trinajstić information content (AvgIpc) is 3.39. The number of carbonyl (C=O) groups is 1. The first-order valence-electron chi connectivity index (χ1n) is 11.8. The molecule has 3 aromatic carbocycles. The Morgan fingerprint density at radius 3 is 2.32 bits per heavy atom. The second-order valence-corrected chi connectivity index (χ2v) is 8.39. The number of para-hydroxylation sites is 1. The van der Waals surface area contributed by atoms with Crippen molar-refractivity contribution in [2.45, 2.75) is 6.18 Å². The molecule has 2 heterocycles. The van der Waals surface area contributed by atoms with Crippen LogP contribution in [0.3, 0.4) is 0 Å². The van der Waals surface area contributed by atoms with Gasteiger partial charge in [0.25, 0.3) is 0 Å². The predicted octanol–water partition coefficient (Wildman–Crippen LogP) is 6.43. The minimum Gasteiger partial charge on any atom is -0.493 e. The van der Waals surface area contributed by atoms with E-state index in [1.54, 1.807) is 30.3 Å². The Kier molecular flexibility index (Phi) is 7.29. The molecule has 10 nitrogen and oxygen atoms in total. The van der Waals surface area contributed by atoms with Crippen molar-refractivity contribution >= 4 is 28.4 Å². The number of hydrogen-bond acceptors (Lipinski definition) is 7. The lowest BCUT2D eigenvalue weighted by Crippen LogP contribution is -2.21. The van der Waals surface area contributed by atoms with Crippen LogP contribution in [0.25, 0.3) is 16.6 Å². The van der Waals surface area contributed by atoms with Gasteiger partial charge in [0.15, 0.2) is 28.8 Å². The number of hydrogen-bond donors (Lipinski definition) is 2. The van der Waals surface area contributed by atoms with E-state index in [0.29, 0.717) is 34.2 Å². The highest BCUT2D eigenvalue weighted by molar-refractivity contribution is 5.99. The van der Waals surface area contributed by atoms with Crippen molar-refractivity contribution < 1.29 is 36.6 Å². The predicted molar refractivity (Wildman–Crippen MR) is 140 cm³/mol. The molecule has 41 heavy (non-hydrogen) atoms. The summed E-state index contributed by atoms with van der Waals surface area (Å²) in [4.78, 5) is 21.0. The number of methoxy groups -OCH3 is 2. The summed E-state index contributed by atoms with van der Waals surface area (Å²) in [5.74, 6) is -0.495. The van der Waals surface area contributed by atoms with Gasteiger partial charge in [-0.05, 0) is 30.3 Å². The summed E-state index contributed by atoms with van der Waals surface area (Å²) < 4.78 is 72.0. The van der Waals surface area contributed by atoms with Crippen molar-refractivity contribution in [1.82, 2.24) is 19.7 Å². The smallest absolute Gasteiger partial charge is 0.435 e. The van der Waals surface area contributed by atoms with Gasteiger partial charge in [-0.1, -0.05) is 18.2 Å². The number of urea groups is 1. The van der Waals surface area contributed by atoms with Crippen LogP contribution in [0, 0.1) is 5.82 Å². The van der Waals surface area contributed by atoms with Gasteiger partial charge < -0.3 is 19.5 Å². The molecule has 5 rings (SSSR count). The van der Waals surface area contributed by atoms with Crippen LogP contribution in [0.4, 0.5) is 33.9 Å². The van der Waals surface area contributed by atoms with E-state index in [1.165, 1.54) is 44.8 Å². The lowest BCUT2D eigenvalue weighted by atomic mass is 10.2. The number of aromatic nitrogens is 4. The monoisotopic (exact) mass is 568 g/mol. The SMILES string of the molecule is COc1cc2ncnc(Oc3cc(NC(=O)Nc4cc(C(F)(F)F)nn4-c4ccccc4)ccc3F)c2cc1OC. The van der Waals surface area contributed by atoms with Gasteiger partial charge >= 0.3 is 12.2 Å². The topological polar surface area (TPSA) is 112 Å². The minimum atomic E-state index is -4.74. The van der Waals surface area contributed by atoms with Gasteiger partial charge in [-0.15, -0.1) is 0 Å². The molecule has 0 radical (unpaired) electrons. The summed E-state index contributed by atoms with van der Waals surface area (Å²) in [5.41, 5.74) is -0.379. The van der Waals surface area contributed by atoms with Crippen LogP contribution in [0.15, 0.2) is 73.1 Å². The second-order valence-electron chi connectivity index (χ2n) is 8.39. The molecule has 0 aliphatic rings. The Balaban J connectivity index is 1.39. The van der Waals surface area contributed by atoms with Crippen LogP contribution in [-0.2, 0) is 6.18 Å². The molecule has 2 amide bonds. The van der Waals surface area contributed by atoms with E-state index in [-0.39, 0.29) is 23.1 Å². The standard InChI is InChI=1S/C27H20F4N6O4/c1-39-21-11-17-19(12-22(21)40-2)32-14-33-25(17)41-20-10-15(8-9-18(20)28)34-26(38)35-24-13-23(27(29,30)31)36-37(24)16-6-4-3-5-7-16/h3-14H,1-2H3,(H2,34,35,38). The molecule has 0 aliphatic heterocycles. The normalized spacial score (nSPS) is 11.3. The summed E-state index contributed by atoms with van der Waals surface area (Å²) >= 11 is 0. The van der Waals surface area contributed by atoms with Crippen LogP contribution < -0.4 is 24.8 Å². The van der Waals surface area contributed by atoms with Gasteiger partial charge in [0.2, 0.25) is 5.88 Å². The number of fused-ring (bicyclic) bond motifs is 1. The third-order valence-corrected chi connectivity index (χ3v) is 5.74. The maximum absolute atomic E-state index is 14.7. The van der Waals surface area contributed by atoms with Crippen molar-refractivity contribution in [3.05, 3.63) is 84.6 Å². The zero-order chi connectivity index (χ0) is 29.1. The van der Waals surface area contributed by atoms with Crippen molar-refractivity contribution in [3.63, 3.8) is 0 Å². The molecule has 0 spiro atoms. The van der Waals surface area contributed by atoms with Gasteiger partial charge in [0, 0.05) is 23.9 Å². The Morgan fingerprint density at radius 1 is 0.878 bits per heavy atom. The fraction of sp³-hybridized carbons (Fsp3) is 0.111. The van der Waals surface area contributed by atoms with Crippen LogP contribution in [-0.4, -0.2) is 40.0 Å². The number of nitrogens with zero attached hydrogens (tertiary/aromatic N) is 4. The van der Waals surface area contributed by atoms with E-state index in [2.05, 4.69) is 25.7 Å². The number of alkyl halides is 3. The number of rotatable bonds is 7. The summed E-state index contributed by atoms with van der Waals surface area (Å²) in [6.45, 7) is 0. The first kappa shape index (κ1) is 27.2. The molecule has 5 aromatic rings. The molecule has 0 unspecified atom stereocenters. The molecule has 0 aliphatic carbocycles. The molecule has 14 heteroatoms. The summed E-state index contributed by atoms with van der Waals surface area (Å²) in [6, 6.07) is 14.4. The Labute approximate surface area is 229 Å². The van der Waals surface area contributed by atoms with E-state index in [0.717, 1.165) is 10.7 Å². The molecule has 2 N–H and O–H groups in total. The van der Waals surface area contributed by atoms with Gasteiger partial charge in [-0.25, -0.2) is 23.8 Å². The van der Waals surface area contributed by atoms with Gasteiger partial charge in [-0.2, -0.15) is 18.3 Å². The van der Waals surface area contributed by atoms with E-state index in [9.17, 15) is 22.4 Å². The largest absolute Gasteiger partial charge is 0.493 e. The van der Waals surface area contributed by atoms with Crippen molar-refractivity contribution in [2.75, 3.05) is 24.9 Å². The number of halogens is 4. The molecule has 0 bridgehead atoms. The zero-order valence-corrected chi connectivity index (χ0v) is 21.4. The van der Waals surface area contributed by atoms with Crippen LogP contribution >= 0.6 is 0 Å². The first-order chi connectivity index (χ1) is 19.7. The summed E-state index contributed by atoms with van der Waals surface area (Å²) in [7, 11) is 2.92. The van der Waals surface area contributed by atoms with E-state index < -0.39 is 23.7 Å². The first-order valence-corrected chi connectivity index (χ1v) is 11.8. The molecular weight excluding hydrogens is 548 g/mol. The Hall–Kier alpha value is -5.40. The number of anilines is 2. The number of carbonyl (C=O) groups excluding carboxylic acids is 1. The number of amides is 2. The average molecular weight is 568 g/mol. The lowest BCUT2D eigenvalue weighted by molar-refractivity contribution is -0.141. The third kappa shape index (κ3) is 5.80. The Morgan fingerprint density at radius 2 is 1.61 bits per heavy atom. The van der Waals surface area contributed by atoms with Gasteiger partial charge in [0.1, 0.15) is 12.1 Å². The molecule has 2 aromatic heterocycles. The molecule has 0 saturated heterocycles.